The van der Waals surface area contributed by atoms with Crippen LogP contribution in [0, 0.1) is 0 Å². The molecule has 0 aromatic carbocycles. The highest BCUT2D eigenvalue weighted by Gasteiger charge is 2.34. The Kier molecular flexibility index (Phi) is 2.69. The molecule has 3 rings (SSSR count). The van der Waals surface area contributed by atoms with Crippen molar-refractivity contribution < 1.29 is 0 Å². The van der Waals surface area contributed by atoms with Crippen LogP contribution in [0.4, 0.5) is 5.82 Å². The molecule has 2 fully saturated rings. The molecule has 1 aromatic heterocycles. The minimum atomic E-state index is 0.446. The number of anilines is 1. The summed E-state index contributed by atoms with van der Waals surface area (Å²) < 4.78 is 0. The lowest BCUT2D eigenvalue weighted by Gasteiger charge is -2.15. The molecule has 1 aromatic rings. The van der Waals surface area contributed by atoms with E-state index in [1.54, 1.807) is 12.4 Å². The molecule has 1 atom stereocenters. The van der Waals surface area contributed by atoms with E-state index in [2.05, 4.69) is 20.2 Å². The average Bonchev–Trinajstić information content (AvgIpc) is 3.01. The molecule has 1 saturated carbocycles. The number of likely N-dealkylation sites (tertiary alicyclic amines) is 1. The normalized spacial score (nSPS) is 25.9. The summed E-state index contributed by atoms with van der Waals surface area (Å²) in [6, 6.07) is 1.35. The first-order valence-corrected chi connectivity index (χ1v) is 6.17. The highest BCUT2D eigenvalue weighted by atomic mass is 35.5. The van der Waals surface area contributed by atoms with Crippen molar-refractivity contribution in [3.8, 4) is 0 Å². The molecule has 2 aliphatic rings. The Morgan fingerprint density at radius 2 is 2.19 bits per heavy atom. The summed E-state index contributed by atoms with van der Waals surface area (Å²) in [5, 5.41) is 3.84. The molecule has 1 unspecified atom stereocenters. The fourth-order valence-electron chi connectivity index (χ4n) is 2.30. The largest absolute Gasteiger partial charge is 0.365 e. The number of nitrogens with one attached hydrogen (secondary N) is 1. The molecular formula is C11H15ClN4. The second kappa shape index (κ2) is 4.18. The summed E-state index contributed by atoms with van der Waals surface area (Å²) in [5.41, 5.74) is 0. The summed E-state index contributed by atoms with van der Waals surface area (Å²) in [6.07, 6.45) is 7.22. The van der Waals surface area contributed by atoms with Gasteiger partial charge in [-0.3, -0.25) is 9.88 Å². The molecule has 16 heavy (non-hydrogen) atoms. The highest BCUT2D eigenvalue weighted by Crippen LogP contribution is 2.30. The van der Waals surface area contributed by atoms with Gasteiger partial charge in [-0.2, -0.15) is 0 Å². The van der Waals surface area contributed by atoms with Gasteiger partial charge in [0.1, 0.15) is 11.0 Å². The SMILES string of the molecule is Clc1cncc(NC2CCN(C3CC3)C2)n1. The van der Waals surface area contributed by atoms with Crippen LogP contribution in [0.25, 0.3) is 0 Å². The predicted molar refractivity (Wildman–Crippen MR) is 63.7 cm³/mol. The van der Waals surface area contributed by atoms with E-state index in [0.717, 1.165) is 18.4 Å². The smallest absolute Gasteiger partial charge is 0.149 e. The molecule has 5 heteroatoms. The Bertz CT molecular complexity index is 380. The quantitative estimate of drug-likeness (QED) is 0.872. The van der Waals surface area contributed by atoms with E-state index in [9.17, 15) is 0 Å². The van der Waals surface area contributed by atoms with Gasteiger partial charge in [-0.15, -0.1) is 0 Å². The lowest BCUT2D eigenvalue weighted by atomic mass is 10.3. The zero-order valence-electron chi connectivity index (χ0n) is 9.06. The van der Waals surface area contributed by atoms with E-state index >= 15 is 0 Å². The predicted octanol–water partition coefficient (Wildman–Crippen LogP) is 1.78. The molecule has 0 radical (unpaired) electrons. The number of aromatic nitrogens is 2. The summed E-state index contributed by atoms with van der Waals surface area (Å²) in [5.74, 6) is 0.787. The third-order valence-electron chi connectivity index (χ3n) is 3.24. The number of nitrogens with zero attached hydrogens (tertiary/aromatic N) is 3. The fraction of sp³-hybridized carbons (Fsp3) is 0.636. The number of hydrogen-bond acceptors (Lipinski definition) is 4. The van der Waals surface area contributed by atoms with E-state index in [1.165, 1.54) is 25.8 Å². The fourth-order valence-corrected chi connectivity index (χ4v) is 2.44. The van der Waals surface area contributed by atoms with E-state index in [0.29, 0.717) is 11.2 Å². The lowest BCUT2D eigenvalue weighted by molar-refractivity contribution is 0.326. The number of halogens is 1. The highest BCUT2D eigenvalue weighted by molar-refractivity contribution is 6.29. The summed E-state index contributed by atoms with van der Waals surface area (Å²) >= 11 is 5.80. The lowest BCUT2D eigenvalue weighted by Crippen LogP contribution is -2.28. The molecule has 0 bridgehead atoms. The molecule has 1 saturated heterocycles. The second-order valence-corrected chi connectivity index (χ2v) is 4.97. The van der Waals surface area contributed by atoms with E-state index in [4.69, 9.17) is 11.6 Å². The van der Waals surface area contributed by atoms with Crippen molar-refractivity contribution in [1.29, 1.82) is 0 Å². The van der Waals surface area contributed by atoms with Crippen molar-refractivity contribution in [3.05, 3.63) is 17.5 Å². The van der Waals surface area contributed by atoms with Crippen LogP contribution in [0.5, 0.6) is 0 Å². The van der Waals surface area contributed by atoms with Crippen molar-refractivity contribution >= 4 is 17.4 Å². The molecular weight excluding hydrogens is 224 g/mol. The van der Waals surface area contributed by atoms with Gasteiger partial charge < -0.3 is 5.32 Å². The monoisotopic (exact) mass is 238 g/mol. The molecule has 2 heterocycles. The summed E-state index contributed by atoms with van der Waals surface area (Å²) in [4.78, 5) is 10.8. The Hall–Kier alpha value is -0.870. The third-order valence-corrected chi connectivity index (χ3v) is 3.42. The van der Waals surface area contributed by atoms with Gasteiger partial charge in [0.2, 0.25) is 0 Å². The van der Waals surface area contributed by atoms with Crippen molar-refractivity contribution in [1.82, 2.24) is 14.9 Å². The maximum absolute atomic E-state index is 5.80. The van der Waals surface area contributed by atoms with Crippen LogP contribution in [0.15, 0.2) is 12.4 Å². The molecule has 0 amide bonds. The third kappa shape index (κ3) is 2.28. The maximum atomic E-state index is 5.80. The second-order valence-electron chi connectivity index (χ2n) is 4.58. The van der Waals surface area contributed by atoms with Crippen LogP contribution in [0.1, 0.15) is 19.3 Å². The summed E-state index contributed by atoms with van der Waals surface area (Å²) in [7, 11) is 0. The Balaban J connectivity index is 1.59. The van der Waals surface area contributed by atoms with Crippen LogP contribution in [-0.2, 0) is 0 Å². The van der Waals surface area contributed by atoms with Gasteiger partial charge in [0.25, 0.3) is 0 Å². The van der Waals surface area contributed by atoms with Gasteiger partial charge in [0.15, 0.2) is 0 Å². The van der Waals surface area contributed by atoms with Crippen molar-refractivity contribution in [2.24, 2.45) is 0 Å². The van der Waals surface area contributed by atoms with Gasteiger partial charge in [-0.25, -0.2) is 4.98 Å². The zero-order valence-corrected chi connectivity index (χ0v) is 9.82. The molecule has 1 aliphatic heterocycles. The minimum absolute atomic E-state index is 0.446. The number of rotatable bonds is 3. The maximum Gasteiger partial charge on any atom is 0.149 e. The van der Waals surface area contributed by atoms with Crippen LogP contribution in [-0.4, -0.2) is 40.0 Å². The van der Waals surface area contributed by atoms with Crippen LogP contribution in [0.2, 0.25) is 5.15 Å². The van der Waals surface area contributed by atoms with Crippen LogP contribution < -0.4 is 5.32 Å². The Morgan fingerprint density at radius 3 is 2.94 bits per heavy atom. The first-order chi connectivity index (χ1) is 7.81. The van der Waals surface area contributed by atoms with E-state index < -0.39 is 0 Å². The minimum Gasteiger partial charge on any atom is -0.365 e. The van der Waals surface area contributed by atoms with Gasteiger partial charge in [-0.1, -0.05) is 11.6 Å². The molecule has 0 spiro atoms. The standard InChI is InChI=1S/C11H15ClN4/c12-10-5-13-6-11(15-10)14-8-3-4-16(7-8)9-1-2-9/h5-6,8-9H,1-4,7H2,(H,14,15). The summed E-state index contributed by atoms with van der Waals surface area (Å²) in [6.45, 7) is 2.33. The van der Waals surface area contributed by atoms with Gasteiger partial charge in [0, 0.05) is 25.2 Å². The Morgan fingerprint density at radius 1 is 1.31 bits per heavy atom. The van der Waals surface area contributed by atoms with E-state index in [1.807, 2.05) is 0 Å². The first kappa shape index (κ1) is 10.3. The van der Waals surface area contributed by atoms with Gasteiger partial charge in [0.05, 0.1) is 12.4 Å². The molecule has 86 valence electrons. The first-order valence-electron chi connectivity index (χ1n) is 5.79. The zero-order chi connectivity index (χ0) is 11.0. The van der Waals surface area contributed by atoms with Crippen molar-refractivity contribution in [2.75, 3.05) is 18.4 Å². The Labute approximate surface area is 100 Å². The van der Waals surface area contributed by atoms with Crippen molar-refractivity contribution in [2.45, 2.75) is 31.3 Å². The molecule has 1 N–H and O–H groups in total. The molecule has 1 aliphatic carbocycles. The van der Waals surface area contributed by atoms with Gasteiger partial charge in [-0.05, 0) is 19.3 Å². The average molecular weight is 239 g/mol. The number of hydrogen-bond donors (Lipinski definition) is 1. The van der Waals surface area contributed by atoms with E-state index in [-0.39, 0.29) is 0 Å². The van der Waals surface area contributed by atoms with Crippen molar-refractivity contribution in [3.63, 3.8) is 0 Å². The van der Waals surface area contributed by atoms with Gasteiger partial charge >= 0.3 is 0 Å². The van der Waals surface area contributed by atoms with Crippen LogP contribution in [0.3, 0.4) is 0 Å². The molecule has 4 nitrogen and oxygen atoms in total. The van der Waals surface area contributed by atoms with Crippen LogP contribution >= 0.6 is 11.6 Å². The topological polar surface area (TPSA) is 41.1 Å².